The van der Waals surface area contributed by atoms with E-state index in [0.29, 0.717) is 11.3 Å². The second-order valence-electron chi connectivity index (χ2n) is 9.44. The van der Waals surface area contributed by atoms with E-state index in [4.69, 9.17) is 23.7 Å². The Kier molecular flexibility index (Phi) is 10.3. The van der Waals surface area contributed by atoms with Gasteiger partial charge in [0, 0.05) is 6.54 Å². The van der Waals surface area contributed by atoms with Crippen LogP contribution in [-0.4, -0.2) is 67.8 Å². The fourth-order valence-electron chi connectivity index (χ4n) is 5.11. The number of carbonyl (C=O) groups is 4. The third kappa shape index (κ3) is 5.67. The van der Waals surface area contributed by atoms with Gasteiger partial charge >= 0.3 is 17.9 Å². The summed E-state index contributed by atoms with van der Waals surface area (Å²) in [7, 11) is 1.54. The number of amides is 1. The van der Waals surface area contributed by atoms with Gasteiger partial charge in [0.1, 0.15) is 11.2 Å². The van der Waals surface area contributed by atoms with Gasteiger partial charge in [-0.25, -0.2) is 4.79 Å². The molecule has 3 rings (SSSR count). The number of rotatable bonds is 14. The van der Waals surface area contributed by atoms with E-state index in [0.717, 1.165) is 5.56 Å². The average Bonchev–Trinajstić information content (AvgIpc) is 2.95. The van der Waals surface area contributed by atoms with Crippen molar-refractivity contribution in [2.45, 2.75) is 46.4 Å². The van der Waals surface area contributed by atoms with Crippen LogP contribution in [0.5, 0.6) is 5.75 Å². The highest BCUT2D eigenvalue weighted by atomic mass is 16.6. The molecular weight excluding hydrogens is 518 g/mol. The van der Waals surface area contributed by atoms with Gasteiger partial charge in [-0.15, -0.1) is 0 Å². The molecule has 1 aliphatic rings. The van der Waals surface area contributed by atoms with Crippen molar-refractivity contribution in [1.29, 1.82) is 0 Å². The summed E-state index contributed by atoms with van der Waals surface area (Å²) in [5.74, 6) is -4.42. The summed E-state index contributed by atoms with van der Waals surface area (Å²) in [4.78, 5) is 55.7. The zero-order chi connectivity index (χ0) is 29.3. The minimum absolute atomic E-state index is 0.00337. The highest BCUT2D eigenvalue weighted by molar-refractivity contribution is 6.11. The van der Waals surface area contributed by atoms with Crippen LogP contribution in [0.3, 0.4) is 0 Å². The molecule has 1 fully saturated rings. The highest BCUT2D eigenvalue weighted by Crippen LogP contribution is 2.55. The summed E-state index contributed by atoms with van der Waals surface area (Å²) < 4.78 is 27.2. The van der Waals surface area contributed by atoms with E-state index in [1.165, 1.54) is 11.8 Å². The predicted octanol–water partition coefficient (Wildman–Crippen LogP) is 3.30. The molecule has 2 aromatic carbocycles. The molecule has 2 aromatic rings. The SMILES string of the molecule is CCOC(=O)C(C(=O)OCC)C1(C)C(=O)N(Cc2ccc(OC)cc2)[C@]1(COCc1ccccc1)C(=O)OCC. The molecule has 0 spiro atoms. The first-order chi connectivity index (χ1) is 19.2. The highest BCUT2D eigenvalue weighted by Gasteiger charge is 2.79. The molecule has 0 aliphatic carbocycles. The molecule has 1 amide bonds. The van der Waals surface area contributed by atoms with Gasteiger partial charge in [-0.05, 0) is 51.0 Å². The van der Waals surface area contributed by atoms with E-state index in [-0.39, 0.29) is 39.6 Å². The third-order valence-corrected chi connectivity index (χ3v) is 7.17. The second-order valence-corrected chi connectivity index (χ2v) is 9.44. The Balaban J connectivity index is 2.13. The van der Waals surface area contributed by atoms with Crippen molar-refractivity contribution in [1.82, 2.24) is 4.90 Å². The van der Waals surface area contributed by atoms with Gasteiger partial charge in [0.15, 0.2) is 11.5 Å². The van der Waals surface area contributed by atoms with Crippen molar-refractivity contribution in [2.75, 3.05) is 33.5 Å². The lowest BCUT2D eigenvalue weighted by Crippen LogP contribution is -2.84. The number of ether oxygens (including phenoxy) is 5. The van der Waals surface area contributed by atoms with E-state index in [1.807, 2.05) is 30.3 Å². The molecule has 2 atom stereocenters. The molecule has 1 heterocycles. The predicted molar refractivity (Wildman–Crippen MR) is 144 cm³/mol. The van der Waals surface area contributed by atoms with E-state index in [9.17, 15) is 19.2 Å². The van der Waals surface area contributed by atoms with Crippen LogP contribution in [0.15, 0.2) is 54.6 Å². The van der Waals surface area contributed by atoms with Gasteiger partial charge < -0.3 is 28.6 Å². The number of nitrogens with zero attached hydrogens (tertiary/aromatic N) is 1. The Hall–Kier alpha value is -3.92. The molecule has 0 N–H and O–H groups in total. The monoisotopic (exact) mass is 555 g/mol. The zero-order valence-corrected chi connectivity index (χ0v) is 23.6. The van der Waals surface area contributed by atoms with E-state index >= 15 is 0 Å². The Labute approximate surface area is 234 Å². The first kappa shape index (κ1) is 30.6. The van der Waals surface area contributed by atoms with Gasteiger partial charge in [-0.1, -0.05) is 42.5 Å². The van der Waals surface area contributed by atoms with Crippen LogP contribution in [0.1, 0.15) is 38.8 Å². The topological polar surface area (TPSA) is 118 Å². The lowest BCUT2D eigenvalue weighted by molar-refractivity contribution is -0.232. The number of benzene rings is 2. The molecule has 1 unspecified atom stereocenters. The van der Waals surface area contributed by atoms with Crippen LogP contribution < -0.4 is 4.74 Å². The number of likely N-dealkylation sites (tertiary alicyclic amines) is 1. The molecule has 216 valence electrons. The normalized spacial score (nSPS) is 20.1. The maximum atomic E-state index is 14.0. The number of carbonyl (C=O) groups excluding carboxylic acids is 4. The van der Waals surface area contributed by atoms with Crippen molar-refractivity contribution in [2.24, 2.45) is 11.3 Å². The van der Waals surface area contributed by atoms with Crippen molar-refractivity contribution >= 4 is 23.8 Å². The first-order valence-corrected chi connectivity index (χ1v) is 13.3. The van der Waals surface area contributed by atoms with Gasteiger partial charge in [-0.3, -0.25) is 14.4 Å². The van der Waals surface area contributed by atoms with Gasteiger partial charge in [0.2, 0.25) is 5.91 Å². The largest absolute Gasteiger partial charge is 0.497 e. The summed E-state index contributed by atoms with van der Waals surface area (Å²) >= 11 is 0. The molecule has 1 aliphatic heterocycles. The number of hydrogen-bond acceptors (Lipinski definition) is 9. The van der Waals surface area contributed by atoms with Crippen LogP contribution in [0, 0.1) is 11.3 Å². The maximum Gasteiger partial charge on any atom is 0.335 e. The number of hydrogen-bond donors (Lipinski definition) is 0. The summed E-state index contributed by atoms with van der Waals surface area (Å²) in [6, 6.07) is 16.3. The van der Waals surface area contributed by atoms with Crippen LogP contribution in [0.4, 0.5) is 0 Å². The summed E-state index contributed by atoms with van der Waals surface area (Å²) in [5, 5.41) is 0. The van der Waals surface area contributed by atoms with Crippen molar-refractivity contribution in [3.05, 3.63) is 65.7 Å². The van der Waals surface area contributed by atoms with Gasteiger partial charge in [-0.2, -0.15) is 0 Å². The minimum Gasteiger partial charge on any atom is -0.497 e. The molecule has 0 aromatic heterocycles. The van der Waals surface area contributed by atoms with Crippen LogP contribution in [0.25, 0.3) is 0 Å². The Bertz CT molecular complexity index is 1170. The molecular formula is C30H37NO9. The Morgan fingerprint density at radius 2 is 1.40 bits per heavy atom. The summed E-state index contributed by atoms with van der Waals surface area (Å²) in [6.45, 7) is 5.91. The fourth-order valence-corrected chi connectivity index (χ4v) is 5.11. The minimum atomic E-state index is -1.92. The van der Waals surface area contributed by atoms with Crippen molar-refractivity contribution in [3.8, 4) is 5.75 Å². The van der Waals surface area contributed by atoms with Crippen LogP contribution >= 0.6 is 0 Å². The second kappa shape index (κ2) is 13.4. The Morgan fingerprint density at radius 1 is 0.825 bits per heavy atom. The van der Waals surface area contributed by atoms with Crippen LogP contribution in [0.2, 0.25) is 0 Å². The molecule has 10 nitrogen and oxygen atoms in total. The summed E-state index contributed by atoms with van der Waals surface area (Å²) in [5.41, 5.74) is -2.24. The number of methoxy groups -OCH3 is 1. The molecule has 1 saturated heterocycles. The molecule has 10 heteroatoms. The first-order valence-electron chi connectivity index (χ1n) is 13.3. The molecule has 40 heavy (non-hydrogen) atoms. The molecule has 0 saturated carbocycles. The number of esters is 3. The van der Waals surface area contributed by atoms with E-state index in [1.54, 1.807) is 52.1 Å². The van der Waals surface area contributed by atoms with E-state index in [2.05, 4.69) is 0 Å². The quantitative estimate of drug-likeness (QED) is 0.150. The Morgan fingerprint density at radius 3 is 1.93 bits per heavy atom. The smallest absolute Gasteiger partial charge is 0.335 e. The molecule has 0 radical (unpaired) electrons. The van der Waals surface area contributed by atoms with Gasteiger partial charge in [0.05, 0.1) is 40.1 Å². The fraction of sp³-hybridized carbons (Fsp3) is 0.467. The van der Waals surface area contributed by atoms with Crippen LogP contribution in [-0.2, 0) is 51.3 Å². The standard InChI is InChI=1S/C30H37NO9/c1-6-38-25(32)24(26(33)39-7-2)29(4)27(34)31(18-21-14-16-23(36-5)17-15-21)30(29,28(35)40-8-3)20-37-19-22-12-10-9-11-13-22/h9-17,24H,6-8,18-20H2,1-5H3/t29?,30-/m1/s1. The van der Waals surface area contributed by atoms with Gasteiger partial charge in [0.25, 0.3) is 0 Å². The lowest BCUT2D eigenvalue weighted by atomic mass is 9.54. The van der Waals surface area contributed by atoms with E-state index < -0.39 is 40.7 Å². The molecule has 0 bridgehead atoms. The number of β-lactam (4-membered cyclic amide) rings is 1. The summed E-state index contributed by atoms with van der Waals surface area (Å²) in [6.07, 6.45) is 0. The van der Waals surface area contributed by atoms with Crippen molar-refractivity contribution < 1.29 is 42.9 Å². The van der Waals surface area contributed by atoms with Crippen molar-refractivity contribution in [3.63, 3.8) is 0 Å². The third-order valence-electron chi connectivity index (χ3n) is 7.17. The zero-order valence-electron chi connectivity index (χ0n) is 23.6. The lowest BCUT2D eigenvalue weighted by Gasteiger charge is -2.62. The average molecular weight is 556 g/mol. The maximum absolute atomic E-state index is 14.0.